The summed E-state index contributed by atoms with van der Waals surface area (Å²) in [6, 6.07) is 3.80. The van der Waals surface area contributed by atoms with Gasteiger partial charge in [-0.1, -0.05) is 6.07 Å². The standard InChI is InChI=1S/C15H23N3O/c1-15(2,3)18-13(19)8-4-7-12(16)14(18)11-6-5-9-17-10-11/h5-6,9-10,12,14H,4,7-8,16H2,1-3H3. The zero-order chi connectivity index (χ0) is 14.0. The molecule has 4 heteroatoms. The van der Waals surface area contributed by atoms with Crippen LogP contribution in [0.4, 0.5) is 0 Å². The number of hydrogen-bond donors (Lipinski definition) is 1. The molecule has 1 aromatic heterocycles. The molecule has 2 rings (SSSR count). The van der Waals surface area contributed by atoms with Crippen molar-refractivity contribution < 1.29 is 4.79 Å². The summed E-state index contributed by atoms with van der Waals surface area (Å²) in [4.78, 5) is 18.6. The minimum atomic E-state index is -0.237. The molecule has 0 saturated carbocycles. The van der Waals surface area contributed by atoms with E-state index in [2.05, 4.69) is 25.8 Å². The molecule has 0 aliphatic carbocycles. The predicted molar refractivity (Wildman–Crippen MR) is 75.4 cm³/mol. The van der Waals surface area contributed by atoms with Crippen LogP contribution in [-0.4, -0.2) is 27.4 Å². The summed E-state index contributed by atoms with van der Waals surface area (Å²) in [5.41, 5.74) is 7.13. The van der Waals surface area contributed by atoms with Gasteiger partial charge in [0.05, 0.1) is 6.04 Å². The van der Waals surface area contributed by atoms with Gasteiger partial charge >= 0.3 is 0 Å². The quantitative estimate of drug-likeness (QED) is 0.843. The summed E-state index contributed by atoms with van der Waals surface area (Å²) in [5.74, 6) is 0.189. The van der Waals surface area contributed by atoms with Gasteiger partial charge in [-0.2, -0.15) is 0 Å². The lowest BCUT2D eigenvalue weighted by molar-refractivity contribution is -0.139. The molecular weight excluding hydrogens is 238 g/mol. The molecule has 2 heterocycles. The van der Waals surface area contributed by atoms with Gasteiger partial charge in [0.2, 0.25) is 5.91 Å². The van der Waals surface area contributed by atoms with Crippen molar-refractivity contribution in [3.05, 3.63) is 30.1 Å². The lowest BCUT2D eigenvalue weighted by atomic mass is 9.93. The maximum atomic E-state index is 12.4. The van der Waals surface area contributed by atoms with Crippen LogP contribution in [-0.2, 0) is 4.79 Å². The summed E-state index contributed by atoms with van der Waals surface area (Å²) in [6.07, 6.45) is 5.89. The first kappa shape index (κ1) is 14.0. The fourth-order valence-electron chi connectivity index (χ4n) is 2.85. The molecule has 1 aliphatic heterocycles. The number of pyridine rings is 1. The number of nitrogens with two attached hydrogens (primary N) is 1. The molecule has 1 saturated heterocycles. The van der Waals surface area contributed by atoms with E-state index in [1.165, 1.54) is 0 Å². The highest BCUT2D eigenvalue weighted by Gasteiger charge is 2.38. The predicted octanol–water partition coefficient (Wildman–Crippen LogP) is 2.26. The Bertz CT molecular complexity index is 438. The summed E-state index contributed by atoms with van der Waals surface area (Å²) in [7, 11) is 0. The molecule has 0 bridgehead atoms. The van der Waals surface area contributed by atoms with E-state index in [1.807, 2.05) is 23.2 Å². The maximum Gasteiger partial charge on any atom is 0.223 e. The Balaban J connectivity index is 2.46. The van der Waals surface area contributed by atoms with Crippen LogP contribution in [0.15, 0.2) is 24.5 Å². The van der Waals surface area contributed by atoms with E-state index in [4.69, 9.17) is 5.73 Å². The highest BCUT2D eigenvalue weighted by Crippen LogP contribution is 2.34. The molecule has 0 spiro atoms. The van der Waals surface area contributed by atoms with Crippen LogP contribution in [0.5, 0.6) is 0 Å². The van der Waals surface area contributed by atoms with Gasteiger partial charge in [-0.15, -0.1) is 0 Å². The second-order valence-corrected chi connectivity index (χ2v) is 6.22. The number of rotatable bonds is 1. The molecule has 1 aliphatic rings. The second kappa shape index (κ2) is 5.29. The molecule has 2 N–H and O–H groups in total. The van der Waals surface area contributed by atoms with E-state index in [9.17, 15) is 4.79 Å². The Hall–Kier alpha value is -1.42. The highest BCUT2D eigenvalue weighted by molar-refractivity contribution is 5.78. The number of nitrogens with zero attached hydrogens (tertiary/aromatic N) is 2. The third kappa shape index (κ3) is 2.95. The van der Waals surface area contributed by atoms with Crippen molar-refractivity contribution in [1.82, 2.24) is 9.88 Å². The van der Waals surface area contributed by atoms with Crippen LogP contribution in [0.1, 0.15) is 51.6 Å². The van der Waals surface area contributed by atoms with Crippen LogP contribution < -0.4 is 5.73 Å². The van der Waals surface area contributed by atoms with Crippen LogP contribution in [0, 0.1) is 0 Å². The average Bonchev–Trinajstić information content (AvgIpc) is 2.49. The summed E-state index contributed by atoms with van der Waals surface area (Å²) in [6.45, 7) is 6.19. The largest absolute Gasteiger partial charge is 0.329 e. The molecule has 0 radical (unpaired) electrons. The fourth-order valence-corrected chi connectivity index (χ4v) is 2.85. The van der Waals surface area contributed by atoms with Crippen molar-refractivity contribution in [3.63, 3.8) is 0 Å². The van der Waals surface area contributed by atoms with Gasteiger partial charge in [0.15, 0.2) is 0 Å². The Labute approximate surface area is 115 Å². The fraction of sp³-hybridized carbons (Fsp3) is 0.600. The Morgan fingerprint density at radius 3 is 2.74 bits per heavy atom. The lowest BCUT2D eigenvalue weighted by Gasteiger charge is -2.43. The van der Waals surface area contributed by atoms with Crippen LogP contribution in [0.3, 0.4) is 0 Å². The molecule has 19 heavy (non-hydrogen) atoms. The van der Waals surface area contributed by atoms with Crippen molar-refractivity contribution in [2.24, 2.45) is 5.73 Å². The number of carbonyl (C=O) groups excluding carboxylic acids is 1. The second-order valence-electron chi connectivity index (χ2n) is 6.22. The van der Waals surface area contributed by atoms with E-state index < -0.39 is 0 Å². The highest BCUT2D eigenvalue weighted by atomic mass is 16.2. The number of aromatic nitrogens is 1. The van der Waals surface area contributed by atoms with Gasteiger partial charge in [0.1, 0.15) is 0 Å². The van der Waals surface area contributed by atoms with Crippen molar-refractivity contribution >= 4 is 5.91 Å². The first-order valence-electron chi connectivity index (χ1n) is 6.89. The number of hydrogen-bond acceptors (Lipinski definition) is 3. The third-order valence-corrected chi connectivity index (χ3v) is 3.63. The first-order chi connectivity index (χ1) is 8.91. The Morgan fingerprint density at radius 2 is 2.16 bits per heavy atom. The van der Waals surface area contributed by atoms with E-state index in [0.717, 1.165) is 18.4 Å². The minimum absolute atomic E-state index is 0.0325. The molecule has 1 amide bonds. The smallest absolute Gasteiger partial charge is 0.223 e. The molecule has 4 nitrogen and oxygen atoms in total. The normalized spacial score (nSPS) is 25.3. The van der Waals surface area contributed by atoms with E-state index in [-0.39, 0.29) is 23.5 Å². The number of likely N-dealkylation sites (tertiary alicyclic amines) is 1. The van der Waals surface area contributed by atoms with Gasteiger partial charge in [-0.3, -0.25) is 9.78 Å². The number of carbonyl (C=O) groups is 1. The van der Waals surface area contributed by atoms with Gasteiger partial charge in [-0.05, 0) is 45.2 Å². The molecule has 1 aromatic rings. The van der Waals surface area contributed by atoms with Crippen molar-refractivity contribution in [1.29, 1.82) is 0 Å². The van der Waals surface area contributed by atoms with Crippen LogP contribution >= 0.6 is 0 Å². The van der Waals surface area contributed by atoms with Crippen molar-refractivity contribution in [3.8, 4) is 0 Å². The zero-order valence-corrected chi connectivity index (χ0v) is 12.0. The van der Waals surface area contributed by atoms with Gasteiger partial charge in [0.25, 0.3) is 0 Å². The first-order valence-corrected chi connectivity index (χ1v) is 6.89. The minimum Gasteiger partial charge on any atom is -0.329 e. The third-order valence-electron chi connectivity index (χ3n) is 3.63. The summed E-state index contributed by atoms with van der Waals surface area (Å²) in [5, 5.41) is 0. The summed E-state index contributed by atoms with van der Waals surface area (Å²) >= 11 is 0. The number of amides is 1. The Kier molecular flexibility index (Phi) is 3.90. The van der Waals surface area contributed by atoms with E-state index in [1.54, 1.807) is 6.20 Å². The van der Waals surface area contributed by atoms with E-state index >= 15 is 0 Å². The van der Waals surface area contributed by atoms with Gasteiger partial charge < -0.3 is 10.6 Å². The van der Waals surface area contributed by atoms with Crippen LogP contribution in [0.2, 0.25) is 0 Å². The average molecular weight is 261 g/mol. The SMILES string of the molecule is CC(C)(C)N1C(=O)CCCC(N)C1c1cccnc1. The molecular formula is C15H23N3O. The molecule has 2 unspecified atom stereocenters. The Morgan fingerprint density at radius 1 is 1.42 bits per heavy atom. The molecule has 2 atom stereocenters. The van der Waals surface area contributed by atoms with Crippen molar-refractivity contribution in [2.75, 3.05) is 0 Å². The molecule has 1 fully saturated rings. The van der Waals surface area contributed by atoms with Gasteiger partial charge in [-0.25, -0.2) is 0 Å². The monoisotopic (exact) mass is 261 g/mol. The van der Waals surface area contributed by atoms with Crippen LogP contribution in [0.25, 0.3) is 0 Å². The van der Waals surface area contributed by atoms with Crippen molar-refractivity contribution in [2.45, 2.75) is 57.7 Å². The van der Waals surface area contributed by atoms with Gasteiger partial charge in [0, 0.05) is 30.4 Å². The molecule has 104 valence electrons. The van der Waals surface area contributed by atoms with E-state index in [0.29, 0.717) is 6.42 Å². The topological polar surface area (TPSA) is 59.2 Å². The summed E-state index contributed by atoms with van der Waals surface area (Å²) < 4.78 is 0. The lowest BCUT2D eigenvalue weighted by Crippen LogP contribution is -2.51. The zero-order valence-electron chi connectivity index (χ0n) is 12.0. The molecule has 0 aromatic carbocycles. The maximum absolute atomic E-state index is 12.4.